The van der Waals surface area contributed by atoms with E-state index in [9.17, 15) is 9.59 Å². The topological polar surface area (TPSA) is 95.6 Å². The minimum absolute atomic E-state index is 0.0946. The summed E-state index contributed by atoms with van der Waals surface area (Å²) in [5.41, 5.74) is 4.66. The Balaban J connectivity index is 0.000000144. The van der Waals surface area contributed by atoms with Gasteiger partial charge in [-0.05, 0) is 98.0 Å². The van der Waals surface area contributed by atoms with E-state index in [0.29, 0.717) is 5.39 Å². The molecule has 6 aromatic rings. The van der Waals surface area contributed by atoms with Gasteiger partial charge in [0.05, 0.1) is 33.2 Å². The lowest BCUT2D eigenvalue weighted by Gasteiger charge is -2.10. The van der Waals surface area contributed by atoms with Crippen molar-refractivity contribution in [3.8, 4) is 0 Å². The maximum atomic E-state index is 12.7. The van der Waals surface area contributed by atoms with Gasteiger partial charge in [0.2, 0.25) is 0 Å². The van der Waals surface area contributed by atoms with Crippen LogP contribution in [0, 0.1) is 0 Å². The molecular formula is C40H39BrN6O2. The van der Waals surface area contributed by atoms with Crippen molar-refractivity contribution in [2.24, 2.45) is 0 Å². The van der Waals surface area contributed by atoms with E-state index in [1.165, 1.54) is 6.42 Å². The first kappa shape index (κ1) is 33.9. The molecule has 0 spiro atoms. The average molecular weight is 716 g/mol. The van der Waals surface area contributed by atoms with Crippen LogP contribution in [-0.4, -0.2) is 29.1 Å². The summed E-state index contributed by atoms with van der Waals surface area (Å²) in [6, 6.07) is 23.1. The zero-order chi connectivity index (χ0) is 34.0. The molecule has 0 fully saturated rings. The first-order valence-electron chi connectivity index (χ1n) is 16.9. The highest BCUT2D eigenvalue weighted by Gasteiger charge is 2.15. The minimum Gasteiger partial charge on any atom is -0.296 e. The minimum atomic E-state index is 0.0946. The van der Waals surface area contributed by atoms with Crippen LogP contribution in [0.5, 0.6) is 0 Å². The van der Waals surface area contributed by atoms with Gasteiger partial charge in [-0.3, -0.25) is 28.7 Å². The number of aryl methyl sites for hydroxylation is 2. The van der Waals surface area contributed by atoms with Gasteiger partial charge < -0.3 is 0 Å². The quantitative estimate of drug-likeness (QED) is 0.183. The number of hydrogen-bond donors (Lipinski definition) is 0. The Morgan fingerprint density at radius 1 is 0.633 bits per heavy atom. The summed E-state index contributed by atoms with van der Waals surface area (Å²) >= 11 is 3.42. The van der Waals surface area contributed by atoms with Crippen LogP contribution < -0.4 is 11.1 Å². The van der Waals surface area contributed by atoms with Gasteiger partial charge in [0.1, 0.15) is 11.6 Å². The smallest absolute Gasteiger partial charge is 0.261 e. The molecule has 0 aliphatic carbocycles. The predicted octanol–water partition coefficient (Wildman–Crippen LogP) is 8.30. The molecule has 0 radical (unpaired) electrons. The summed E-state index contributed by atoms with van der Waals surface area (Å²) < 4.78 is 4.68. The average Bonchev–Trinajstić information content (AvgIpc) is 3.53. The van der Waals surface area contributed by atoms with Crippen molar-refractivity contribution < 1.29 is 0 Å². The van der Waals surface area contributed by atoms with Crippen LogP contribution in [0.2, 0.25) is 0 Å². The molecule has 0 unspecified atom stereocenters. The second-order valence-electron chi connectivity index (χ2n) is 12.1. The fourth-order valence-corrected chi connectivity index (χ4v) is 6.43. The van der Waals surface area contributed by atoms with E-state index in [-0.39, 0.29) is 11.1 Å². The van der Waals surface area contributed by atoms with E-state index in [2.05, 4.69) is 37.5 Å². The Kier molecular flexibility index (Phi) is 11.3. The predicted molar refractivity (Wildman–Crippen MR) is 202 cm³/mol. The molecule has 0 atom stereocenters. The van der Waals surface area contributed by atoms with Crippen molar-refractivity contribution in [3.05, 3.63) is 146 Å². The first-order valence-corrected chi connectivity index (χ1v) is 17.6. The van der Waals surface area contributed by atoms with E-state index in [4.69, 9.17) is 4.98 Å². The molecule has 0 saturated heterocycles. The summed E-state index contributed by atoms with van der Waals surface area (Å²) in [7, 11) is 0. The molecule has 2 aliphatic heterocycles. The molecule has 2 aliphatic rings. The zero-order valence-electron chi connectivity index (χ0n) is 27.5. The van der Waals surface area contributed by atoms with Crippen LogP contribution in [0.4, 0.5) is 0 Å². The Hall–Kier alpha value is -5.02. The van der Waals surface area contributed by atoms with Gasteiger partial charge in [0, 0.05) is 42.8 Å². The van der Waals surface area contributed by atoms with Gasteiger partial charge in [-0.25, -0.2) is 9.97 Å². The maximum absolute atomic E-state index is 12.7. The third-order valence-corrected chi connectivity index (χ3v) is 9.14. The highest BCUT2D eigenvalue weighted by molar-refractivity contribution is 9.10. The van der Waals surface area contributed by atoms with Gasteiger partial charge in [0.25, 0.3) is 11.1 Å². The second-order valence-corrected chi connectivity index (χ2v) is 13.0. The number of fused-ring (bicyclic) bond motifs is 4. The van der Waals surface area contributed by atoms with Crippen LogP contribution in [0.15, 0.2) is 106 Å². The third kappa shape index (κ3) is 8.53. The normalized spacial score (nSPS) is 14.0. The van der Waals surface area contributed by atoms with Gasteiger partial charge in [-0.2, -0.15) is 0 Å². The molecule has 0 bridgehead atoms. The summed E-state index contributed by atoms with van der Waals surface area (Å²) in [6.07, 6.45) is 17.8. The molecule has 4 aromatic heterocycles. The highest BCUT2D eigenvalue weighted by Crippen LogP contribution is 2.19. The van der Waals surface area contributed by atoms with Crippen molar-refractivity contribution in [3.63, 3.8) is 0 Å². The van der Waals surface area contributed by atoms with Crippen molar-refractivity contribution in [1.82, 2.24) is 29.1 Å². The molecule has 8 rings (SSSR count). The van der Waals surface area contributed by atoms with E-state index in [0.717, 1.165) is 108 Å². The summed E-state index contributed by atoms with van der Waals surface area (Å²) in [6.45, 7) is 5.17. The zero-order valence-corrected chi connectivity index (χ0v) is 29.1. The van der Waals surface area contributed by atoms with Crippen LogP contribution in [0.3, 0.4) is 0 Å². The third-order valence-electron chi connectivity index (χ3n) is 8.65. The van der Waals surface area contributed by atoms with E-state index >= 15 is 0 Å². The van der Waals surface area contributed by atoms with Crippen LogP contribution in [-0.2, 0) is 25.9 Å². The lowest BCUT2D eigenvalue weighted by Crippen LogP contribution is -2.24. The van der Waals surface area contributed by atoms with Crippen LogP contribution in [0.25, 0.3) is 40.0 Å². The standard InChI is InChI=1S/C20H19N3O.C13H13BrN2O.C7H7N/c24-20-17-11-9-15(8-10-16-6-3-4-12-21-16)14-18(17)22-19-7-2-1-5-13-23(19)20;14-9-5-6-10-11(8-9)15-12-4-2-1-3-7-16(12)13(10)17;1-2-7-5-3-4-6-8-7/h3-4,6,8-12,14H,1-2,5,7,13H2;5-6,8H,1-4,7H2;2-6H,1H2/b10-8+;;. The number of halogens is 1. The number of pyridine rings is 2. The van der Waals surface area contributed by atoms with Crippen molar-refractivity contribution in [2.45, 2.75) is 64.5 Å². The Morgan fingerprint density at radius 3 is 1.76 bits per heavy atom. The van der Waals surface area contributed by atoms with Crippen molar-refractivity contribution >= 4 is 56.0 Å². The van der Waals surface area contributed by atoms with Gasteiger partial charge in [-0.15, -0.1) is 0 Å². The van der Waals surface area contributed by atoms with Crippen molar-refractivity contribution in [2.75, 3.05) is 0 Å². The molecule has 2 aromatic carbocycles. The summed E-state index contributed by atoms with van der Waals surface area (Å²) in [5.74, 6) is 1.87. The fourth-order valence-electron chi connectivity index (χ4n) is 6.08. The molecule has 49 heavy (non-hydrogen) atoms. The first-order chi connectivity index (χ1) is 24.0. The van der Waals surface area contributed by atoms with Crippen LogP contribution in [0.1, 0.15) is 67.1 Å². The fraction of sp³-hybridized carbons (Fsp3) is 0.250. The molecule has 0 N–H and O–H groups in total. The SMILES string of the molecule is C=Cc1ccccn1.O=c1c2ccc(/C=C/c3ccccn3)cc2nc2n1CCCCC2.O=c1c2ccc(Br)cc2nc2n1CCCCC2. The monoisotopic (exact) mass is 714 g/mol. The van der Waals surface area contributed by atoms with Crippen molar-refractivity contribution in [1.29, 1.82) is 0 Å². The summed E-state index contributed by atoms with van der Waals surface area (Å²) in [5, 5.41) is 1.43. The van der Waals surface area contributed by atoms with E-state index < -0.39 is 0 Å². The number of hydrogen-bond acceptors (Lipinski definition) is 6. The molecule has 6 heterocycles. The molecule has 8 nitrogen and oxygen atoms in total. The Bertz CT molecular complexity index is 2210. The Morgan fingerprint density at radius 2 is 1.20 bits per heavy atom. The highest BCUT2D eigenvalue weighted by atomic mass is 79.9. The lowest BCUT2D eigenvalue weighted by atomic mass is 10.1. The van der Waals surface area contributed by atoms with Gasteiger partial charge in [-0.1, -0.05) is 59.6 Å². The van der Waals surface area contributed by atoms with Gasteiger partial charge >= 0.3 is 0 Å². The molecule has 248 valence electrons. The second kappa shape index (κ2) is 16.4. The van der Waals surface area contributed by atoms with Crippen LogP contribution >= 0.6 is 15.9 Å². The number of aromatic nitrogens is 6. The number of rotatable bonds is 3. The van der Waals surface area contributed by atoms with E-state index in [1.807, 2.05) is 94.1 Å². The largest absolute Gasteiger partial charge is 0.296 e. The molecular weight excluding hydrogens is 676 g/mol. The maximum Gasteiger partial charge on any atom is 0.261 e. The number of nitrogens with zero attached hydrogens (tertiary/aromatic N) is 6. The number of benzene rings is 2. The summed E-state index contributed by atoms with van der Waals surface area (Å²) in [4.78, 5) is 42.7. The molecule has 9 heteroatoms. The van der Waals surface area contributed by atoms with E-state index in [1.54, 1.807) is 18.5 Å². The molecule has 0 amide bonds. The lowest BCUT2D eigenvalue weighted by molar-refractivity contribution is 0.614. The Labute approximate surface area is 294 Å². The van der Waals surface area contributed by atoms with Gasteiger partial charge in [0.15, 0.2) is 0 Å². The molecule has 0 saturated carbocycles.